The highest BCUT2D eigenvalue weighted by Crippen LogP contribution is 2.41. The lowest BCUT2D eigenvalue weighted by atomic mass is 9.98. The Bertz CT molecular complexity index is 1420. The number of anilines is 1. The molecule has 0 N–H and O–H groups in total. The Morgan fingerprint density at radius 2 is 1.71 bits per heavy atom. The van der Waals surface area contributed by atoms with Crippen LogP contribution in [0.1, 0.15) is 53.6 Å². The number of hydrogen-bond donors (Lipinski definition) is 0. The van der Waals surface area contributed by atoms with Crippen LogP contribution in [0.5, 0.6) is 5.75 Å². The third-order valence-corrected chi connectivity index (χ3v) is 6.36. The topological polar surface area (TPSA) is 59.8 Å². The first-order valence-corrected chi connectivity index (χ1v) is 11.8. The van der Waals surface area contributed by atoms with Crippen LogP contribution in [0.25, 0.3) is 11.0 Å². The summed E-state index contributed by atoms with van der Waals surface area (Å²) in [6, 6.07) is 19.6. The third kappa shape index (κ3) is 3.76. The fourth-order valence-electron chi connectivity index (χ4n) is 4.39. The number of carbonyl (C=O) groups excluding carboxylic acids is 1. The van der Waals surface area contributed by atoms with Crippen LogP contribution in [0.2, 0.25) is 5.02 Å². The van der Waals surface area contributed by atoms with Crippen molar-refractivity contribution in [2.45, 2.75) is 32.7 Å². The minimum absolute atomic E-state index is 0.0655. The van der Waals surface area contributed by atoms with Crippen molar-refractivity contribution >= 4 is 34.2 Å². The lowest BCUT2D eigenvalue weighted by Crippen LogP contribution is -2.29. The maximum atomic E-state index is 13.7. The second-order valence-electron chi connectivity index (χ2n) is 8.33. The Labute approximate surface area is 202 Å². The molecule has 0 fully saturated rings. The largest absolute Gasteiger partial charge is 0.494 e. The molecule has 1 atom stereocenters. The van der Waals surface area contributed by atoms with E-state index < -0.39 is 6.04 Å². The predicted molar refractivity (Wildman–Crippen MR) is 134 cm³/mol. The fraction of sp³-hybridized carbons (Fsp3) is 0.214. The van der Waals surface area contributed by atoms with Crippen LogP contribution in [0.4, 0.5) is 5.69 Å². The first-order chi connectivity index (χ1) is 16.5. The van der Waals surface area contributed by atoms with E-state index in [1.54, 1.807) is 23.1 Å². The number of halogens is 1. The van der Waals surface area contributed by atoms with Gasteiger partial charge in [-0.3, -0.25) is 14.5 Å². The standard InChI is InChI=1S/C28H24ClNO4/c1-3-15-33-21-12-7-18(8-13-21)25-24-26(31)22-16-19(29)9-14-23(22)34-27(24)28(32)30(25)20-10-5-17(4-2)6-11-20/h5-14,16,25H,3-4,15H2,1-2H3. The average molecular weight is 474 g/mol. The van der Waals surface area contributed by atoms with Gasteiger partial charge in [-0.15, -0.1) is 0 Å². The van der Waals surface area contributed by atoms with Crippen LogP contribution in [0.15, 0.2) is 75.9 Å². The van der Waals surface area contributed by atoms with Crippen molar-refractivity contribution in [1.29, 1.82) is 0 Å². The van der Waals surface area contributed by atoms with E-state index in [1.165, 1.54) is 0 Å². The summed E-state index contributed by atoms with van der Waals surface area (Å²) >= 11 is 6.16. The smallest absolute Gasteiger partial charge is 0.295 e. The number of amides is 1. The molecule has 1 unspecified atom stereocenters. The molecule has 0 spiro atoms. The highest BCUT2D eigenvalue weighted by atomic mass is 35.5. The van der Waals surface area contributed by atoms with E-state index in [4.69, 9.17) is 20.8 Å². The SMILES string of the molecule is CCCOc1ccc(C2c3c(oc4ccc(Cl)cc4c3=O)C(=O)N2c2ccc(CC)cc2)cc1. The molecule has 5 rings (SSSR count). The summed E-state index contributed by atoms with van der Waals surface area (Å²) in [5.41, 5.74) is 3.07. The minimum atomic E-state index is -0.630. The molecule has 3 aromatic carbocycles. The summed E-state index contributed by atoms with van der Waals surface area (Å²) in [6.45, 7) is 4.75. The monoisotopic (exact) mass is 473 g/mol. The number of benzene rings is 3. The van der Waals surface area contributed by atoms with Crippen molar-refractivity contribution in [3.05, 3.63) is 104 Å². The van der Waals surface area contributed by atoms with Crippen LogP contribution in [0, 0.1) is 0 Å². The van der Waals surface area contributed by atoms with Gasteiger partial charge in [0.15, 0.2) is 5.43 Å². The van der Waals surface area contributed by atoms with Crippen LogP contribution in [0.3, 0.4) is 0 Å². The molecule has 6 heteroatoms. The summed E-state index contributed by atoms with van der Waals surface area (Å²) in [7, 11) is 0. The molecule has 0 saturated heterocycles. The average Bonchev–Trinajstić information content (AvgIpc) is 3.16. The quantitative estimate of drug-likeness (QED) is 0.318. The Hall–Kier alpha value is -3.57. The minimum Gasteiger partial charge on any atom is -0.494 e. The molecular weight excluding hydrogens is 450 g/mol. The predicted octanol–water partition coefficient (Wildman–Crippen LogP) is 6.55. The number of fused-ring (bicyclic) bond motifs is 2. The second-order valence-corrected chi connectivity index (χ2v) is 8.77. The molecule has 1 amide bonds. The number of nitrogens with zero attached hydrogens (tertiary/aromatic N) is 1. The van der Waals surface area contributed by atoms with Gasteiger partial charge >= 0.3 is 0 Å². The van der Waals surface area contributed by atoms with Gasteiger partial charge in [-0.05, 0) is 66.4 Å². The normalized spacial score (nSPS) is 15.1. The third-order valence-electron chi connectivity index (χ3n) is 6.12. The number of rotatable bonds is 6. The Morgan fingerprint density at radius 1 is 0.971 bits per heavy atom. The van der Waals surface area contributed by atoms with E-state index in [1.807, 2.05) is 55.5 Å². The van der Waals surface area contributed by atoms with Crippen LogP contribution in [-0.4, -0.2) is 12.5 Å². The highest BCUT2D eigenvalue weighted by molar-refractivity contribution is 6.31. The van der Waals surface area contributed by atoms with Crippen molar-refractivity contribution in [3.63, 3.8) is 0 Å². The first-order valence-electron chi connectivity index (χ1n) is 11.4. The van der Waals surface area contributed by atoms with Gasteiger partial charge in [-0.2, -0.15) is 0 Å². The van der Waals surface area contributed by atoms with E-state index in [2.05, 4.69) is 6.92 Å². The van der Waals surface area contributed by atoms with E-state index in [9.17, 15) is 9.59 Å². The van der Waals surface area contributed by atoms with Gasteiger partial charge in [0.2, 0.25) is 5.76 Å². The van der Waals surface area contributed by atoms with Crippen molar-refractivity contribution in [3.8, 4) is 5.75 Å². The maximum absolute atomic E-state index is 13.7. The second kappa shape index (κ2) is 8.99. The van der Waals surface area contributed by atoms with Crippen molar-refractivity contribution in [2.75, 3.05) is 11.5 Å². The molecule has 0 bridgehead atoms. The molecule has 4 aromatic rings. The van der Waals surface area contributed by atoms with Crippen molar-refractivity contribution < 1.29 is 13.9 Å². The van der Waals surface area contributed by atoms with Gasteiger partial charge in [0.1, 0.15) is 11.3 Å². The highest BCUT2D eigenvalue weighted by Gasteiger charge is 2.43. The molecule has 0 radical (unpaired) electrons. The van der Waals surface area contributed by atoms with Crippen molar-refractivity contribution in [2.24, 2.45) is 0 Å². The summed E-state index contributed by atoms with van der Waals surface area (Å²) in [5.74, 6) is 0.464. The Kier molecular flexibility index (Phi) is 5.88. The lowest BCUT2D eigenvalue weighted by molar-refractivity contribution is 0.0971. The van der Waals surface area contributed by atoms with Gasteiger partial charge in [0, 0.05) is 10.7 Å². The van der Waals surface area contributed by atoms with Gasteiger partial charge in [0.25, 0.3) is 5.91 Å². The summed E-state index contributed by atoms with van der Waals surface area (Å²) in [6.07, 6.45) is 1.80. The Balaban J connectivity index is 1.70. The van der Waals surface area contributed by atoms with Crippen LogP contribution in [-0.2, 0) is 6.42 Å². The van der Waals surface area contributed by atoms with Crippen LogP contribution >= 0.6 is 11.6 Å². The van der Waals surface area contributed by atoms with E-state index in [0.29, 0.717) is 33.8 Å². The van der Waals surface area contributed by atoms with Gasteiger partial charge in [0.05, 0.1) is 23.6 Å². The molecule has 5 nitrogen and oxygen atoms in total. The molecule has 1 aromatic heterocycles. The Morgan fingerprint density at radius 3 is 2.38 bits per heavy atom. The molecule has 0 aliphatic carbocycles. The van der Waals surface area contributed by atoms with Crippen LogP contribution < -0.4 is 15.1 Å². The zero-order chi connectivity index (χ0) is 23.8. The van der Waals surface area contributed by atoms with Gasteiger partial charge in [-0.1, -0.05) is 49.7 Å². The zero-order valence-corrected chi connectivity index (χ0v) is 19.8. The zero-order valence-electron chi connectivity index (χ0n) is 19.0. The van der Waals surface area contributed by atoms with Crippen molar-refractivity contribution in [1.82, 2.24) is 0 Å². The lowest BCUT2D eigenvalue weighted by Gasteiger charge is -2.25. The molecule has 34 heavy (non-hydrogen) atoms. The summed E-state index contributed by atoms with van der Waals surface area (Å²) in [5, 5.41) is 0.792. The molecule has 1 aliphatic rings. The molecule has 2 heterocycles. The number of aryl methyl sites for hydroxylation is 1. The maximum Gasteiger partial charge on any atom is 0.295 e. The summed E-state index contributed by atoms with van der Waals surface area (Å²) in [4.78, 5) is 29.0. The fourth-order valence-corrected chi connectivity index (χ4v) is 4.56. The summed E-state index contributed by atoms with van der Waals surface area (Å²) < 4.78 is 11.7. The van der Waals surface area contributed by atoms with E-state index in [0.717, 1.165) is 29.7 Å². The molecule has 172 valence electrons. The molecule has 1 aliphatic heterocycles. The molecule has 0 saturated carbocycles. The first kappa shape index (κ1) is 22.2. The van der Waals surface area contributed by atoms with Gasteiger partial charge < -0.3 is 9.15 Å². The van der Waals surface area contributed by atoms with E-state index in [-0.39, 0.29) is 17.1 Å². The van der Waals surface area contributed by atoms with E-state index >= 15 is 0 Å². The molecular formula is C28H24ClNO4. The van der Waals surface area contributed by atoms with Gasteiger partial charge in [-0.25, -0.2) is 0 Å². The number of carbonyl (C=O) groups is 1. The number of ether oxygens (including phenoxy) is 1. The number of hydrogen-bond acceptors (Lipinski definition) is 4.